The maximum Gasteiger partial charge on any atom is 0.352 e. The Bertz CT molecular complexity index is 1270. The van der Waals surface area contributed by atoms with E-state index in [4.69, 9.17) is 9.47 Å². The molecule has 0 bridgehead atoms. The Morgan fingerprint density at radius 3 is 1.44 bits per heavy atom. The molecule has 0 radical (unpaired) electrons. The van der Waals surface area contributed by atoms with Crippen molar-refractivity contribution < 1.29 is 14.3 Å². The van der Waals surface area contributed by atoms with Gasteiger partial charge in [0.15, 0.2) is 5.60 Å². The average Bonchev–Trinajstić information content (AvgIpc) is 3.49. The Morgan fingerprint density at radius 2 is 0.938 bits per heavy atom. The smallest absolute Gasteiger partial charge is 0.352 e. The van der Waals surface area contributed by atoms with Crippen LogP contribution in [0.3, 0.4) is 0 Å². The lowest BCUT2D eigenvalue weighted by atomic mass is 9.75. The Kier molecular flexibility index (Phi) is 4.14. The topological polar surface area (TPSA) is 38.8 Å². The first-order valence-electron chi connectivity index (χ1n) is 10.7. The Balaban J connectivity index is 1.66. The van der Waals surface area contributed by atoms with Gasteiger partial charge in [-0.25, -0.2) is 4.79 Å². The van der Waals surface area contributed by atoms with Gasteiger partial charge in [0.1, 0.15) is 5.76 Å². The summed E-state index contributed by atoms with van der Waals surface area (Å²) < 4.78 is 12.6. The molecule has 1 unspecified atom stereocenters. The number of carbonyl (C=O) groups excluding carboxylic acids is 1. The minimum Gasteiger partial charge on any atom is -0.423 e. The van der Waals surface area contributed by atoms with Crippen molar-refractivity contribution >= 4 is 17.3 Å². The predicted octanol–water partition coefficient (Wildman–Crippen LogP) is 5.82. The Morgan fingerprint density at radius 1 is 0.500 bits per heavy atom. The third-order valence-electron chi connectivity index (χ3n) is 6.28. The SMILES string of the molecule is O=C1OC(c2ccccc2)=C(c2ccccc2)C12OC2(c1ccccc1)c1ccccc1. The molecule has 1 saturated heterocycles. The van der Waals surface area contributed by atoms with Crippen LogP contribution in [0.5, 0.6) is 0 Å². The Labute approximate surface area is 186 Å². The van der Waals surface area contributed by atoms with E-state index in [9.17, 15) is 4.79 Å². The van der Waals surface area contributed by atoms with Crippen LogP contribution in [0.1, 0.15) is 22.3 Å². The number of ether oxygens (including phenoxy) is 2. The summed E-state index contributed by atoms with van der Waals surface area (Å²) in [5, 5.41) is 0. The van der Waals surface area contributed by atoms with E-state index in [0.717, 1.165) is 27.8 Å². The van der Waals surface area contributed by atoms with Crippen molar-refractivity contribution in [1.82, 2.24) is 0 Å². The first-order chi connectivity index (χ1) is 15.8. The lowest BCUT2D eigenvalue weighted by Gasteiger charge is -2.18. The number of hydrogen-bond donors (Lipinski definition) is 0. The highest BCUT2D eigenvalue weighted by Gasteiger charge is 2.82. The van der Waals surface area contributed by atoms with Gasteiger partial charge in [0.2, 0.25) is 5.60 Å². The first-order valence-corrected chi connectivity index (χ1v) is 10.7. The molecule has 1 atom stereocenters. The minimum absolute atomic E-state index is 0.386. The van der Waals surface area contributed by atoms with Crippen molar-refractivity contribution in [3.63, 3.8) is 0 Å². The minimum atomic E-state index is -1.26. The highest BCUT2D eigenvalue weighted by Crippen LogP contribution is 2.69. The van der Waals surface area contributed by atoms with Crippen molar-refractivity contribution in [2.75, 3.05) is 0 Å². The summed E-state index contributed by atoms with van der Waals surface area (Å²) in [4.78, 5) is 13.7. The fraction of sp³-hybridized carbons (Fsp3) is 0.0690. The molecule has 0 amide bonds. The fourth-order valence-electron chi connectivity index (χ4n) is 4.86. The van der Waals surface area contributed by atoms with E-state index >= 15 is 0 Å². The van der Waals surface area contributed by atoms with Crippen molar-refractivity contribution in [3.05, 3.63) is 144 Å². The first kappa shape index (κ1) is 18.8. The summed E-state index contributed by atoms with van der Waals surface area (Å²) in [7, 11) is 0. The summed E-state index contributed by atoms with van der Waals surface area (Å²) in [6.07, 6.45) is 0. The van der Waals surface area contributed by atoms with Crippen molar-refractivity contribution in [2.45, 2.75) is 11.2 Å². The van der Waals surface area contributed by atoms with Crippen molar-refractivity contribution in [3.8, 4) is 0 Å². The van der Waals surface area contributed by atoms with Gasteiger partial charge < -0.3 is 9.47 Å². The largest absolute Gasteiger partial charge is 0.423 e. The molecule has 32 heavy (non-hydrogen) atoms. The van der Waals surface area contributed by atoms with Crippen LogP contribution in [-0.2, 0) is 19.9 Å². The Hall–Kier alpha value is -3.95. The number of epoxide rings is 1. The molecular weight excluding hydrogens is 396 g/mol. The zero-order chi connectivity index (χ0) is 21.6. The normalized spacial score (nSPS) is 20.9. The van der Waals surface area contributed by atoms with Crippen LogP contribution in [0.4, 0.5) is 0 Å². The zero-order valence-electron chi connectivity index (χ0n) is 17.3. The van der Waals surface area contributed by atoms with Gasteiger partial charge in [-0.2, -0.15) is 0 Å². The van der Waals surface area contributed by atoms with Gasteiger partial charge >= 0.3 is 5.97 Å². The quantitative estimate of drug-likeness (QED) is 0.311. The lowest BCUT2D eigenvalue weighted by molar-refractivity contribution is -0.138. The second kappa shape index (κ2) is 7.04. The van der Waals surface area contributed by atoms with Crippen LogP contribution in [0.25, 0.3) is 11.3 Å². The zero-order valence-corrected chi connectivity index (χ0v) is 17.3. The molecule has 0 aliphatic carbocycles. The number of benzene rings is 4. The van der Waals surface area contributed by atoms with E-state index < -0.39 is 11.2 Å². The molecule has 3 heteroatoms. The molecule has 6 rings (SSSR count). The summed E-state index contributed by atoms with van der Waals surface area (Å²) in [6, 6.07) is 39.5. The van der Waals surface area contributed by atoms with Crippen LogP contribution >= 0.6 is 0 Å². The second-order valence-corrected chi connectivity index (χ2v) is 8.02. The summed E-state index contributed by atoms with van der Waals surface area (Å²) in [5.41, 5.74) is 2.14. The molecule has 1 fully saturated rings. The van der Waals surface area contributed by atoms with Gasteiger partial charge in [-0.05, 0) is 16.7 Å². The van der Waals surface area contributed by atoms with Gasteiger partial charge in [0.05, 0.1) is 0 Å². The van der Waals surface area contributed by atoms with E-state index in [0.29, 0.717) is 5.76 Å². The van der Waals surface area contributed by atoms with Gasteiger partial charge in [-0.15, -0.1) is 0 Å². The van der Waals surface area contributed by atoms with E-state index in [1.165, 1.54) is 0 Å². The van der Waals surface area contributed by atoms with Crippen LogP contribution in [0, 0.1) is 0 Å². The van der Waals surface area contributed by atoms with Gasteiger partial charge in [-0.1, -0.05) is 121 Å². The lowest BCUT2D eigenvalue weighted by Crippen LogP contribution is -2.32. The van der Waals surface area contributed by atoms with Gasteiger partial charge in [0.25, 0.3) is 0 Å². The summed E-state index contributed by atoms with van der Waals surface area (Å²) >= 11 is 0. The van der Waals surface area contributed by atoms with Crippen LogP contribution in [0.2, 0.25) is 0 Å². The van der Waals surface area contributed by atoms with Crippen LogP contribution in [-0.4, -0.2) is 11.6 Å². The average molecular weight is 416 g/mol. The molecule has 0 N–H and O–H groups in total. The van der Waals surface area contributed by atoms with Crippen molar-refractivity contribution in [2.24, 2.45) is 0 Å². The highest BCUT2D eigenvalue weighted by atomic mass is 16.7. The molecule has 2 aliphatic heterocycles. The number of rotatable bonds is 4. The molecule has 2 heterocycles. The van der Waals surface area contributed by atoms with E-state index in [1.807, 2.05) is 121 Å². The number of cyclic esters (lactones) is 1. The van der Waals surface area contributed by atoms with Gasteiger partial charge in [0, 0.05) is 11.1 Å². The number of carbonyl (C=O) groups is 1. The molecule has 0 saturated carbocycles. The third kappa shape index (κ3) is 2.49. The second-order valence-electron chi connectivity index (χ2n) is 8.02. The van der Waals surface area contributed by atoms with Crippen LogP contribution < -0.4 is 0 Å². The molecule has 4 aromatic rings. The fourth-order valence-corrected chi connectivity index (χ4v) is 4.86. The van der Waals surface area contributed by atoms with E-state index in [-0.39, 0.29) is 5.97 Å². The van der Waals surface area contributed by atoms with E-state index in [1.54, 1.807) is 0 Å². The summed E-state index contributed by atoms with van der Waals surface area (Å²) in [6.45, 7) is 0. The molecule has 0 aromatic heterocycles. The highest BCUT2D eigenvalue weighted by molar-refractivity contribution is 6.16. The van der Waals surface area contributed by atoms with Crippen molar-refractivity contribution in [1.29, 1.82) is 0 Å². The molecule has 1 spiro atoms. The maximum absolute atomic E-state index is 13.7. The summed E-state index contributed by atoms with van der Waals surface area (Å²) in [5.74, 6) is 0.165. The van der Waals surface area contributed by atoms with E-state index in [2.05, 4.69) is 0 Å². The molecule has 2 aliphatic rings. The molecule has 4 aromatic carbocycles. The third-order valence-corrected chi connectivity index (χ3v) is 6.28. The molecule has 3 nitrogen and oxygen atoms in total. The maximum atomic E-state index is 13.7. The molecule has 154 valence electrons. The van der Waals surface area contributed by atoms with Gasteiger partial charge in [-0.3, -0.25) is 0 Å². The monoisotopic (exact) mass is 416 g/mol. The molecular formula is C29H20O3. The predicted molar refractivity (Wildman–Crippen MR) is 123 cm³/mol. The number of esters is 1. The van der Waals surface area contributed by atoms with Crippen LogP contribution in [0.15, 0.2) is 121 Å². The number of hydrogen-bond acceptors (Lipinski definition) is 3. The standard InChI is InChI=1S/C29H20O3/c30-27-29(28(32-29,23-17-9-3-10-18-23)24-19-11-4-12-20-24)25(21-13-5-1-6-14-21)26(31-27)22-15-7-2-8-16-22/h1-20H.